The van der Waals surface area contributed by atoms with Gasteiger partial charge in [0.05, 0.1) is 19.0 Å². The van der Waals surface area contributed by atoms with Crippen LogP contribution >= 0.6 is 0 Å². The van der Waals surface area contributed by atoms with E-state index in [0.717, 1.165) is 5.56 Å². The highest BCUT2D eigenvalue weighted by Crippen LogP contribution is 2.35. The summed E-state index contributed by atoms with van der Waals surface area (Å²) in [6.07, 6.45) is 1.32. The number of carbonyl (C=O) groups excluding carboxylic acids is 1. The average Bonchev–Trinajstić information content (AvgIpc) is 3.38. The Morgan fingerprint density at radius 2 is 2.11 bits per heavy atom. The second-order valence-electron chi connectivity index (χ2n) is 5.86. The molecular weight excluding hydrogens is 364 g/mol. The first-order chi connectivity index (χ1) is 13.6. The molecule has 9 nitrogen and oxygen atoms in total. The van der Waals surface area contributed by atoms with Gasteiger partial charge in [-0.05, 0) is 42.5 Å². The van der Waals surface area contributed by atoms with Crippen molar-refractivity contribution in [3.63, 3.8) is 0 Å². The minimum Gasteiger partial charge on any atom is -0.507 e. The van der Waals surface area contributed by atoms with E-state index in [1.165, 1.54) is 19.4 Å². The van der Waals surface area contributed by atoms with E-state index in [9.17, 15) is 9.90 Å². The van der Waals surface area contributed by atoms with Gasteiger partial charge in [0.1, 0.15) is 17.2 Å². The lowest BCUT2D eigenvalue weighted by Crippen LogP contribution is -2.18. The number of benzene rings is 2. The fraction of sp³-hybridized carbons (Fsp3) is 0.105. The molecule has 1 aliphatic heterocycles. The molecule has 9 heteroatoms. The van der Waals surface area contributed by atoms with Gasteiger partial charge in [-0.2, -0.15) is 10.2 Å². The number of rotatable bonds is 5. The lowest BCUT2D eigenvalue weighted by atomic mass is 10.1. The zero-order valence-corrected chi connectivity index (χ0v) is 14.8. The average molecular weight is 380 g/mol. The predicted molar refractivity (Wildman–Crippen MR) is 99.9 cm³/mol. The van der Waals surface area contributed by atoms with Crippen molar-refractivity contribution < 1.29 is 24.1 Å². The Hall–Kier alpha value is -4.01. The number of aromatic nitrogens is 2. The van der Waals surface area contributed by atoms with Crippen LogP contribution in [-0.4, -0.2) is 41.3 Å². The Morgan fingerprint density at radius 1 is 1.25 bits per heavy atom. The van der Waals surface area contributed by atoms with E-state index in [0.29, 0.717) is 28.5 Å². The standard InChI is InChI=1S/C19H16N4O5/c1-26-13-3-4-16(24)12(6-13)9-20-23-19(25)15-8-14(21-22-15)11-2-5-17-18(7-11)28-10-27-17/h2-9,24H,10H2,1H3,(H,21,22)(H,23,25)/b20-9-. The number of phenols is 1. The second-order valence-corrected chi connectivity index (χ2v) is 5.86. The maximum Gasteiger partial charge on any atom is 0.289 e. The molecule has 0 atom stereocenters. The van der Waals surface area contributed by atoms with Gasteiger partial charge in [-0.25, -0.2) is 5.43 Å². The molecule has 3 N–H and O–H groups in total. The fourth-order valence-electron chi connectivity index (χ4n) is 2.63. The van der Waals surface area contributed by atoms with Gasteiger partial charge in [0.25, 0.3) is 5.91 Å². The fourth-order valence-corrected chi connectivity index (χ4v) is 2.63. The van der Waals surface area contributed by atoms with Crippen molar-refractivity contribution in [3.8, 4) is 34.3 Å². The van der Waals surface area contributed by atoms with Crippen LogP contribution in [0.4, 0.5) is 0 Å². The smallest absolute Gasteiger partial charge is 0.289 e. The summed E-state index contributed by atoms with van der Waals surface area (Å²) in [5.74, 6) is 1.41. The van der Waals surface area contributed by atoms with Crippen molar-refractivity contribution in [2.45, 2.75) is 0 Å². The molecule has 0 unspecified atom stereocenters. The SMILES string of the molecule is COc1ccc(O)c(/C=N\NC(=O)c2cc(-c3ccc4c(c3)OCO4)n[nH]2)c1. The number of nitrogens with one attached hydrogen (secondary N) is 2. The van der Waals surface area contributed by atoms with Crippen molar-refractivity contribution in [2.75, 3.05) is 13.9 Å². The minimum atomic E-state index is -0.474. The molecule has 0 bridgehead atoms. The van der Waals surface area contributed by atoms with E-state index in [4.69, 9.17) is 14.2 Å². The second kappa shape index (κ2) is 7.31. The van der Waals surface area contributed by atoms with E-state index in [2.05, 4.69) is 20.7 Å². The number of ether oxygens (including phenoxy) is 3. The number of carbonyl (C=O) groups is 1. The minimum absolute atomic E-state index is 0.0189. The van der Waals surface area contributed by atoms with Crippen LogP contribution in [0.1, 0.15) is 16.1 Å². The first-order valence-corrected chi connectivity index (χ1v) is 8.30. The third-order valence-electron chi connectivity index (χ3n) is 4.10. The number of methoxy groups -OCH3 is 1. The number of hydrogen-bond acceptors (Lipinski definition) is 7. The number of phenolic OH excluding ortho intramolecular Hbond substituents is 1. The van der Waals surface area contributed by atoms with Crippen molar-refractivity contribution >= 4 is 12.1 Å². The Morgan fingerprint density at radius 3 is 2.96 bits per heavy atom. The van der Waals surface area contributed by atoms with E-state index in [1.54, 1.807) is 30.3 Å². The third kappa shape index (κ3) is 3.45. The highest BCUT2D eigenvalue weighted by atomic mass is 16.7. The summed E-state index contributed by atoms with van der Waals surface area (Å²) in [6, 6.07) is 11.7. The molecule has 142 valence electrons. The molecule has 0 saturated carbocycles. The lowest BCUT2D eigenvalue weighted by Gasteiger charge is -2.03. The summed E-state index contributed by atoms with van der Waals surface area (Å²) >= 11 is 0. The van der Waals surface area contributed by atoms with Crippen molar-refractivity contribution in [3.05, 3.63) is 53.7 Å². The van der Waals surface area contributed by atoms with Crippen molar-refractivity contribution in [1.29, 1.82) is 0 Å². The van der Waals surface area contributed by atoms with Gasteiger partial charge in [-0.1, -0.05) is 0 Å². The number of hydrazone groups is 1. The molecule has 0 aliphatic carbocycles. The summed E-state index contributed by atoms with van der Waals surface area (Å²) in [5, 5.41) is 20.5. The van der Waals surface area contributed by atoms with Crippen LogP contribution < -0.4 is 19.6 Å². The number of aromatic amines is 1. The van der Waals surface area contributed by atoms with E-state index >= 15 is 0 Å². The molecule has 0 saturated heterocycles. The normalized spacial score (nSPS) is 12.3. The van der Waals surface area contributed by atoms with Gasteiger partial charge in [0.2, 0.25) is 6.79 Å². The molecular formula is C19H16N4O5. The van der Waals surface area contributed by atoms with Crippen LogP contribution in [0.3, 0.4) is 0 Å². The van der Waals surface area contributed by atoms with Gasteiger partial charge < -0.3 is 19.3 Å². The van der Waals surface area contributed by atoms with Gasteiger partial charge in [-0.3, -0.25) is 9.89 Å². The zero-order valence-electron chi connectivity index (χ0n) is 14.8. The first-order valence-electron chi connectivity index (χ1n) is 8.30. The molecule has 4 rings (SSSR count). The largest absolute Gasteiger partial charge is 0.507 e. The topological polar surface area (TPSA) is 118 Å². The summed E-state index contributed by atoms with van der Waals surface area (Å²) in [4.78, 5) is 12.2. The van der Waals surface area contributed by atoms with Crippen LogP contribution in [0.25, 0.3) is 11.3 Å². The zero-order chi connectivity index (χ0) is 19.5. The summed E-state index contributed by atoms with van der Waals surface area (Å²) < 4.78 is 15.7. The van der Waals surface area contributed by atoms with Crippen LogP contribution in [0.15, 0.2) is 47.6 Å². The Bertz CT molecular complexity index is 1060. The molecule has 0 radical (unpaired) electrons. The number of fused-ring (bicyclic) bond motifs is 1. The highest BCUT2D eigenvalue weighted by Gasteiger charge is 2.16. The molecule has 2 heterocycles. The molecule has 1 aromatic heterocycles. The van der Waals surface area contributed by atoms with E-state index < -0.39 is 5.91 Å². The molecule has 1 aliphatic rings. The van der Waals surface area contributed by atoms with Crippen molar-refractivity contribution in [1.82, 2.24) is 15.6 Å². The quantitative estimate of drug-likeness (QED) is 0.462. The molecule has 0 fully saturated rings. The van der Waals surface area contributed by atoms with E-state index in [1.807, 2.05) is 6.07 Å². The lowest BCUT2D eigenvalue weighted by molar-refractivity contribution is 0.0950. The maximum atomic E-state index is 12.2. The number of hydrogen-bond donors (Lipinski definition) is 3. The van der Waals surface area contributed by atoms with Crippen LogP contribution in [0, 0.1) is 0 Å². The van der Waals surface area contributed by atoms with Gasteiger partial charge in [0.15, 0.2) is 11.5 Å². The Kier molecular flexibility index (Phi) is 4.55. The number of H-pyrrole nitrogens is 1. The van der Waals surface area contributed by atoms with E-state index in [-0.39, 0.29) is 18.2 Å². The number of aromatic hydroxyl groups is 1. The van der Waals surface area contributed by atoms with Crippen LogP contribution in [0.5, 0.6) is 23.0 Å². The Labute approximate surface area is 159 Å². The molecule has 0 spiro atoms. The number of amides is 1. The molecule has 28 heavy (non-hydrogen) atoms. The van der Waals surface area contributed by atoms with Crippen LogP contribution in [-0.2, 0) is 0 Å². The van der Waals surface area contributed by atoms with Crippen molar-refractivity contribution in [2.24, 2.45) is 5.10 Å². The molecule has 1 amide bonds. The molecule has 2 aromatic carbocycles. The summed E-state index contributed by atoms with van der Waals surface area (Å²) in [5.41, 5.74) is 4.39. The molecule has 3 aromatic rings. The monoisotopic (exact) mass is 380 g/mol. The van der Waals surface area contributed by atoms with Gasteiger partial charge in [-0.15, -0.1) is 0 Å². The first kappa shape index (κ1) is 17.4. The van der Waals surface area contributed by atoms with Gasteiger partial charge >= 0.3 is 0 Å². The third-order valence-corrected chi connectivity index (χ3v) is 4.10. The maximum absolute atomic E-state index is 12.2. The Balaban J connectivity index is 1.45. The summed E-state index contributed by atoms with van der Waals surface area (Å²) in [6.45, 7) is 0.188. The summed E-state index contributed by atoms with van der Waals surface area (Å²) in [7, 11) is 1.52. The number of nitrogens with zero attached hydrogens (tertiary/aromatic N) is 2. The van der Waals surface area contributed by atoms with Gasteiger partial charge in [0, 0.05) is 11.1 Å². The van der Waals surface area contributed by atoms with Crippen LogP contribution in [0.2, 0.25) is 0 Å². The highest BCUT2D eigenvalue weighted by molar-refractivity contribution is 5.94. The predicted octanol–water partition coefficient (Wildman–Crippen LogP) is 2.28.